The molecule has 0 saturated carbocycles. The van der Waals surface area contributed by atoms with Gasteiger partial charge < -0.3 is 24.4 Å². The summed E-state index contributed by atoms with van der Waals surface area (Å²) in [6.07, 6.45) is -4.71. The first-order valence-corrected chi connectivity index (χ1v) is 9.36. The largest absolute Gasteiger partial charge is 0.493 e. The van der Waals surface area contributed by atoms with E-state index >= 15 is 0 Å². The van der Waals surface area contributed by atoms with Crippen molar-refractivity contribution in [2.45, 2.75) is 12.6 Å². The number of benzene rings is 2. The van der Waals surface area contributed by atoms with Crippen molar-refractivity contribution in [3.63, 3.8) is 0 Å². The number of hydrogen-bond donors (Lipinski definition) is 1. The summed E-state index contributed by atoms with van der Waals surface area (Å²) in [6, 6.07) is 8.85. The van der Waals surface area contributed by atoms with Crippen molar-refractivity contribution in [3.8, 4) is 11.5 Å². The third-order valence-electron chi connectivity index (χ3n) is 4.77. The molecular weight excluding hydrogens is 401 g/mol. The molecule has 0 spiro atoms. The van der Waals surface area contributed by atoms with Gasteiger partial charge in [0.15, 0.2) is 11.5 Å². The topological polar surface area (TPSA) is 60.0 Å². The summed E-state index contributed by atoms with van der Waals surface area (Å²) in [4.78, 5) is 14.3. The van der Waals surface area contributed by atoms with Gasteiger partial charge in [0.05, 0.1) is 45.1 Å². The zero-order chi connectivity index (χ0) is 21.7. The van der Waals surface area contributed by atoms with Gasteiger partial charge in [0, 0.05) is 18.8 Å². The second-order valence-corrected chi connectivity index (χ2v) is 6.74. The van der Waals surface area contributed by atoms with Crippen molar-refractivity contribution >= 4 is 17.3 Å². The van der Waals surface area contributed by atoms with Crippen LogP contribution in [0, 0.1) is 0 Å². The molecule has 30 heavy (non-hydrogen) atoms. The fourth-order valence-electron chi connectivity index (χ4n) is 3.26. The molecular formula is C21H23F3N2O4. The second-order valence-electron chi connectivity index (χ2n) is 6.74. The fraction of sp³-hybridized carbons (Fsp3) is 0.381. The number of amides is 1. The van der Waals surface area contributed by atoms with Crippen molar-refractivity contribution in [3.05, 3.63) is 47.5 Å². The highest BCUT2D eigenvalue weighted by Gasteiger charge is 2.35. The van der Waals surface area contributed by atoms with Gasteiger partial charge in [0.25, 0.3) is 0 Å². The normalized spacial score (nSPS) is 14.4. The number of rotatable bonds is 6. The maximum Gasteiger partial charge on any atom is 0.418 e. The molecule has 1 N–H and O–H groups in total. The van der Waals surface area contributed by atoms with Crippen LogP contribution in [0.4, 0.5) is 24.5 Å². The summed E-state index contributed by atoms with van der Waals surface area (Å²) < 4.78 is 56.5. The number of anilines is 2. The quantitative estimate of drug-likeness (QED) is 0.766. The molecule has 0 unspecified atom stereocenters. The maximum absolute atomic E-state index is 13.6. The molecule has 0 aliphatic carbocycles. The van der Waals surface area contributed by atoms with Crippen LogP contribution in [-0.2, 0) is 22.1 Å². The average molecular weight is 424 g/mol. The van der Waals surface area contributed by atoms with E-state index in [1.54, 1.807) is 24.3 Å². The number of carbonyl (C=O) groups excluding carboxylic acids is 1. The Kier molecular flexibility index (Phi) is 6.71. The molecule has 162 valence electrons. The van der Waals surface area contributed by atoms with Crippen LogP contribution in [0.25, 0.3) is 0 Å². The van der Waals surface area contributed by atoms with Crippen LogP contribution in [0.1, 0.15) is 11.1 Å². The first-order chi connectivity index (χ1) is 14.3. The van der Waals surface area contributed by atoms with Gasteiger partial charge in [-0.15, -0.1) is 0 Å². The average Bonchev–Trinajstić information content (AvgIpc) is 2.73. The van der Waals surface area contributed by atoms with E-state index in [-0.39, 0.29) is 12.1 Å². The molecule has 0 radical (unpaired) electrons. The van der Waals surface area contributed by atoms with E-state index in [1.165, 1.54) is 20.3 Å². The number of hydrogen-bond acceptors (Lipinski definition) is 5. The van der Waals surface area contributed by atoms with E-state index in [4.69, 9.17) is 14.2 Å². The number of nitrogens with one attached hydrogen (secondary N) is 1. The number of morpholine rings is 1. The van der Waals surface area contributed by atoms with Crippen molar-refractivity contribution in [2.75, 3.05) is 50.7 Å². The monoisotopic (exact) mass is 424 g/mol. The van der Waals surface area contributed by atoms with Gasteiger partial charge in [-0.3, -0.25) is 4.79 Å². The minimum atomic E-state index is -4.60. The summed E-state index contributed by atoms with van der Waals surface area (Å²) in [5.41, 5.74) is -0.121. The summed E-state index contributed by atoms with van der Waals surface area (Å²) >= 11 is 0. The Bertz CT molecular complexity index is 896. The van der Waals surface area contributed by atoms with Crippen molar-refractivity contribution in [1.82, 2.24) is 0 Å². The Morgan fingerprint density at radius 1 is 1.07 bits per heavy atom. The van der Waals surface area contributed by atoms with Crippen molar-refractivity contribution in [1.29, 1.82) is 0 Å². The third-order valence-corrected chi connectivity index (χ3v) is 4.77. The number of ether oxygens (including phenoxy) is 3. The molecule has 0 atom stereocenters. The van der Waals surface area contributed by atoms with E-state index in [2.05, 4.69) is 5.32 Å². The van der Waals surface area contributed by atoms with E-state index in [0.29, 0.717) is 49.1 Å². The molecule has 1 aliphatic heterocycles. The number of alkyl halides is 3. The lowest BCUT2D eigenvalue weighted by Crippen LogP contribution is -2.36. The van der Waals surface area contributed by atoms with Crippen LogP contribution in [0.3, 0.4) is 0 Å². The van der Waals surface area contributed by atoms with Gasteiger partial charge in [-0.05, 0) is 35.9 Å². The molecule has 1 fully saturated rings. The predicted octanol–water partition coefficient (Wildman–Crippen LogP) is 3.74. The summed E-state index contributed by atoms with van der Waals surface area (Å²) in [5, 5.41) is 2.39. The minimum Gasteiger partial charge on any atom is -0.493 e. The van der Waals surface area contributed by atoms with Crippen LogP contribution in [0.2, 0.25) is 0 Å². The summed E-state index contributed by atoms with van der Waals surface area (Å²) in [7, 11) is 2.96. The number of carbonyl (C=O) groups is 1. The minimum absolute atomic E-state index is 0.108. The summed E-state index contributed by atoms with van der Waals surface area (Å²) in [6.45, 7) is 1.96. The molecule has 0 bridgehead atoms. The number of halogens is 3. The highest BCUT2D eigenvalue weighted by atomic mass is 19.4. The number of nitrogens with zero attached hydrogens (tertiary/aromatic N) is 1. The highest BCUT2D eigenvalue weighted by molar-refractivity contribution is 5.93. The zero-order valence-corrected chi connectivity index (χ0v) is 16.7. The molecule has 1 aliphatic rings. The van der Waals surface area contributed by atoms with E-state index in [9.17, 15) is 18.0 Å². The molecule has 1 amide bonds. The van der Waals surface area contributed by atoms with Crippen molar-refractivity contribution < 1.29 is 32.2 Å². The fourth-order valence-corrected chi connectivity index (χ4v) is 3.26. The molecule has 9 heteroatoms. The molecule has 1 heterocycles. The van der Waals surface area contributed by atoms with Crippen LogP contribution < -0.4 is 19.7 Å². The lowest BCUT2D eigenvalue weighted by Gasteiger charge is -2.29. The molecule has 6 nitrogen and oxygen atoms in total. The van der Waals surface area contributed by atoms with E-state index < -0.39 is 17.6 Å². The van der Waals surface area contributed by atoms with Crippen molar-refractivity contribution in [2.24, 2.45) is 0 Å². The maximum atomic E-state index is 13.6. The van der Waals surface area contributed by atoms with Gasteiger partial charge in [-0.2, -0.15) is 13.2 Å². The Morgan fingerprint density at radius 2 is 1.77 bits per heavy atom. The Morgan fingerprint density at radius 3 is 2.40 bits per heavy atom. The Labute approximate surface area is 172 Å². The van der Waals surface area contributed by atoms with E-state index in [1.807, 2.05) is 4.90 Å². The molecule has 2 aromatic rings. The molecule has 3 rings (SSSR count). The third kappa shape index (κ3) is 5.15. The predicted molar refractivity (Wildman–Crippen MR) is 106 cm³/mol. The van der Waals surface area contributed by atoms with Crippen LogP contribution in [0.5, 0.6) is 11.5 Å². The standard InChI is InChI=1S/C21H23F3N2O4/c1-28-18-6-3-14(11-19(18)29-2)12-20(27)25-17-5-4-15(13-16(17)21(22,23)24)26-7-9-30-10-8-26/h3-6,11,13H,7-10,12H2,1-2H3,(H,25,27). The number of methoxy groups -OCH3 is 2. The Hall–Kier alpha value is -2.94. The lowest BCUT2D eigenvalue weighted by molar-refractivity contribution is -0.136. The van der Waals surface area contributed by atoms with Gasteiger partial charge >= 0.3 is 6.18 Å². The van der Waals surface area contributed by atoms with E-state index in [0.717, 1.165) is 6.07 Å². The second kappa shape index (κ2) is 9.25. The molecule has 1 saturated heterocycles. The zero-order valence-electron chi connectivity index (χ0n) is 16.7. The molecule has 2 aromatic carbocycles. The van der Waals surface area contributed by atoms with Crippen LogP contribution in [-0.4, -0.2) is 46.4 Å². The van der Waals surface area contributed by atoms with Crippen LogP contribution >= 0.6 is 0 Å². The first-order valence-electron chi connectivity index (χ1n) is 9.36. The van der Waals surface area contributed by atoms with Gasteiger partial charge in [-0.25, -0.2) is 0 Å². The summed E-state index contributed by atoms with van der Waals surface area (Å²) in [5.74, 6) is 0.375. The molecule has 0 aromatic heterocycles. The SMILES string of the molecule is COc1ccc(CC(=O)Nc2ccc(N3CCOCC3)cc2C(F)(F)F)cc1OC. The lowest BCUT2D eigenvalue weighted by atomic mass is 10.1. The Balaban J connectivity index is 1.78. The first kappa shape index (κ1) is 21.8. The van der Waals surface area contributed by atoms with Gasteiger partial charge in [-0.1, -0.05) is 6.07 Å². The van der Waals surface area contributed by atoms with Crippen LogP contribution in [0.15, 0.2) is 36.4 Å². The van der Waals surface area contributed by atoms with Gasteiger partial charge in [0.1, 0.15) is 0 Å². The van der Waals surface area contributed by atoms with Gasteiger partial charge in [0.2, 0.25) is 5.91 Å². The smallest absolute Gasteiger partial charge is 0.418 e. The highest BCUT2D eigenvalue weighted by Crippen LogP contribution is 2.37.